The van der Waals surface area contributed by atoms with E-state index in [1.165, 1.54) is 0 Å². The van der Waals surface area contributed by atoms with Crippen molar-refractivity contribution in [3.63, 3.8) is 0 Å². The van der Waals surface area contributed by atoms with Crippen molar-refractivity contribution in [3.05, 3.63) is 71.9 Å². The molecule has 0 saturated carbocycles. The van der Waals surface area contributed by atoms with Crippen LogP contribution in [0.3, 0.4) is 0 Å². The second-order valence-corrected chi connectivity index (χ2v) is 5.39. The van der Waals surface area contributed by atoms with Gasteiger partial charge in [-0.3, -0.25) is 9.97 Å². The molecule has 0 aromatic carbocycles. The molecule has 0 N–H and O–H groups in total. The fourth-order valence-corrected chi connectivity index (χ4v) is 2.56. The summed E-state index contributed by atoms with van der Waals surface area (Å²) in [7, 11) is 0. The van der Waals surface area contributed by atoms with E-state index in [1.54, 1.807) is 6.20 Å². The van der Waals surface area contributed by atoms with Gasteiger partial charge < -0.3 is 0 Å². The van der Waals surface area contributed by atoms with E-state index >= 15 is 0 Å². The summed E-state index contributed by atoms with van der Waals surface area (Å²) in [6.45, 7) is 1.97. The lowest BCUT2D eigenvalue weighted by molar-refractivity contribution is 1.07. The molecule has 0 unspecified atom stereocenters. The molecule has 22 heavy (non-hydrogen) atoms. The minimum atomic E-state index is 0.739. The molecule has 0 radical (unpaired) electrons. The summed E-state index contributed by atoms with van der Waals surface area (Å²) in [4.78, 5) is 17.8. The zero-order chi connectivity index (χ0) is 14.9. The molecule has 4 heterocycles. The molecule has 0 fully saturated rings. The van der Waals surface area contributed by atoms with Gasteiger partial charge in [-0.05, 0) is 48.9 Å². The summed E-state index contributed by atoms with van der Waals surface area (Å²) in [6.07, 6.45) is 6.29. The Balaban J connectivity index is 1.70. The third kappa shape index (κ3) is 2.39. The predicted octanol–water partition coefficient (Wildman–Crippen LogP) is 3.47. The van der Waals surface area contributed by atoms with Crippen molar-refractivity contribution in [2.45, 2.75) is 13.3 Å². The molecule has 4 aromatic heterocycles. The molecule has 4 heteroatoms. The van der Waals surface area contributed by atoms with Gasteiger partial charge >= 0.3 is 0 Å². The third-order valence-electron chi connectivity index (χ3n) is 3.67. The van der Waals surface area contributed by atoms with Crippen molar-refractivity contribution < 1.29 is 0 Å². The van der Waals surface area contributed by atoms with E-state index in [-0.39, 0.29) is 0 Å². The Hall–Kier alpha value is -2.88. The van der Waals surface area contributed by atoms with Gasteiger partial charge in [0.15, 0.2) is 5.65 Å². The second-order valence-electron chi connectivity index (χ2n) is 5.39. The number of hydrogen-bond acceptors (Lipinski definition) is 4. The zero-order valence-electron chi connectivity index (χ0n) is 12.2. The van der Waals surface area contributed by atoms with Crippen LogP contribution in [0, 0.1) is 6.92 Å². The summed E-state index contributed by atoms with van der Waals surface area (Å²) in [5.74, 6) is 0. The highest BCUT2D eigenvalue weighted by molar-refractivity contribution is 5.78. The van der Waals surface area contributed by atoms with Crippen LogP contribution in [0.15, 0.2) is 55.0 Å². The smallest absolute Gasteiger partial charge is 0.159 e. The molecule has 4 rings (SSSR count). The van der Waals surface area contributed by atoms with Crippen LogP contribution in [0.25, 0.3) is 21.9 Å². The van der Waals surface area contributed by atoms with E-state index in [4.69, 9.17) is 0 Å². The third-order valence-corrected chi connectivity index (χ3v) is 3.67. The summed E-state index contributed by atoms with van der Waals surface area (Å²) >= 11 is 0. The van der Waals surface area contributed by atoms with Crippen LogP contribution in [-0.2, 0) is 6.42 Å². The fraction of sp³-hybridized carbons (Fsp3) is 0.111. The lowest BCUT2D eigenvalue weighted by Gasteiger charge is -2.04. The number of nitrogens with zero attached hydrogens (tertiary/aromatic N) is 4. The molecule has 4 nitrogen and oxygen atoms in total. The van der Waals surface area contributed by atoms with Gasteiger partial charge in [-0.2, -0.15) is 0 Å². The van der Waals surface area contributed by atoms with Crippen molar-refractivity contribution in [1.82, 2.24) is 19.9 Å². The van der Waals surface area contributed by atoms with E-state index in [0.717, 1.165) is 45.3 Å². The van der Waals surface area contributed by atoms with E-state index in [0.29, 0.717) is 0 Å². The first-order valence-corrected chi connectivity index (χ1v) is 7.20. The van der Waals surface area contributed by atoms with Gasteiger partial charge in [-0.1, -0.05) is 0 Å². The summed E-state index contributed by atoms with van der Waals surface area (Å²) < 4.78 is 0. The molecule has 106 valence electrons. The Kier molecular flexibility index (Phi) is 3.00. The van der Waals surface area contributed by atoms with Crippen molar-refractivity contribution in [1.29, 1.82) is 0 Å². The Bertz CT molecular complexity index is 979. The molecule has 0 amide bonds. The van der Waals surface area contributed by atoms with Gasteiger partial charge in [0.05, 0.1) is 5.52 Å². The van der Waals surface area contributed by atoms with Gasteiger partial charge in [0.25, 0.3) is 0 Å². The molecule has 4 aromatic rings. The van der Waals surface area contributed by atoms with Crippen molar-refractivity contribution in [3.8, 4) is 0 Å². The summed E-state index contributed by atoms with van der Waals surface area (Å²) in [5.41, 5.74) is 4.86. The van der Waals surface area contributed by atoms with Crippen molar-refractivity contribution in [2.75, 3.05) is 0 Å². The van der Waals surface area contributed by atoms with Crippen LogP contribution in [0.5, 0.6) is 0 Å². The highest BCUT2D eigenvalue weighted by Gasteiger charge is 2.04. The van der Waals surface area contributed by atoms with Gasteiger partial charge in [0.1, 0.15) is 0 Å². The molecule has 0 atom stereocenters. The maximum absolute atomic E-state index is 4.51. The Labute approximate surface area is 127 Å². The van der Waals surface area contributed by atoms with Crippen LogP contribution in [0.2, 0.25) is 0 Å². The Morgan fingerprint density at radius 3 is 2.82 bits per heavy atom. The van der Waals surface area contributed by atoms with Gasteiger partial charge in [0.2, 0.25) is 0 Å². The molecule has 0 aliphatic carbocycles. The van der Waals surface area contributed by atoms with Crippen molar-refractivity contribution >= 4 is 21.9 Å². The number of fused-ring (bicyclic) bond motifs is 2. The van der Waals surface area contributed by atoms with Crippen LogP contribution in [-0.4, -0.2) is 19.9 Å². The maximum atomic E-state index is 4.51. The minimum absolute atomic E-state index is 0.739. The van der Waals surface area contributed by atoms with Crippen LogP contribution < -0.4 is 0 Å². The number of pyridine rings is 4. The van der Waals surface area contributed by atoms with E-state index < -0.39 is 0 Å². The first-order valence-electron chi connectivity index (χ1n) is 7.20. The quantitative estimate of drug-likeness (QED) is 0.566. The number of aromatic nitrogens is 4. The molecule has 0 aliphatic heterocycles. The van der Waals surface area contributed by atoms with E-state index in [2.05, 4.69) is 32.1 Å². The summed E-state index contributed by atoms with van der Waals surface area (Å²) in [6, 6.07) is 12.2. The average Bonchev–Trinajstić information content (AvgIpc) is 2.55. The molecule has 0 spiro atoms. The molecular formula is C18H14N4. The van der Waals surface area contributed by atoms with Crippen molar-refractivity contribution in [2.24, 2.45) is 0 Å². The minimum Gasteiger partial charge on any atom is -0.260 e. The lowest BCUT2D eigenvalue weighted by Crippen LogP contribution is -1.95. The average molecular weight is 286 g/mol. The molecule has 0 aliphatic rings. The topological polar surface area (TPSA) is 51.6 Å². The highest BCUT2D eigenvalue weighted by atomic mass is 14.8. The highest BCUT2D eigenvalue weighted by Crippen LogP contribution is 2.16. The normalized spacial score (nSPS) is 11.1. The first-order chi connectivity index (χ1) is 10.8. The Morgan fingerprint density at radius 1 is 0.909 bits per heavy atom. The zero-order valence-corrected chi connectivity index (χ0v) is 12.2. The standard InChI is InChI=1S/C18H14N4/c1-12-4-5-14-7-13(10-21-18(14)22-12)8-16-9-17-15(11-20-16)3-2-6-19-17/h2-7,9-11H,8H2,1H3. The lowest BCUT2D eigenvalue weighted by atomic mass is 10.1. The molecular weight excluding hydrogens is 272 g/mol. The van der Waals surface area contributed by atoms with Crippen LogP contribution in [0.4, 0.5) is 0 Å². The van der Waals surface area contributed by atoms with Gasteiger partial charge in [-0.25, -0.2) is 9.97 Å². The fourth-order valence-electron chi connectivity index (χ4n) is 2.56. The second kappa shape index (κ2) is 5.15. The van der Waals surface area contributed by atoms with Gasteiger partial charge in [0, 0.05) is 47.2 Å². The van der Waals surface area contributed by atoms with Crippen LogP contribution in [0.1, 0.15) is 17.0 Å². The SMILES string of the molecule is Cc1ccc2cc(Cc3cc4ncccc4cn3)cnc2n1. The molecule has 0 bridgehead atoms. The summed E-state index contributed by atoms with van der Waals surface area (Å²) in [5, 5.41) is 2.12. The first kappa shape index (κ1) is 12.8. The van der Waals surface area contributed by atoms with Crippen LogP contribution >= 0.6 is 0 Å². The number of hydrogen-bond donors (Lipinski definition) is 0. The monoisotopic (exact) mass is 286 g/mol. The largest absolute Gasteiger partial charge is 0.260 e. The molecule has 0 saturated heterocycles. The van der Waals surface area contributed by atoms with E-state index in [1.807, 2.05) is 43.6 Å². The number of rotatable bonds is 2. The number of aryl methyl sites for hydroxylation is 1. The predicted molar refractivity (Wildman–Crippen MR) is 86.6 cm³/mol. The van der Waals surface area contributed by atoms with Gasteiger partial charge in [-0.15, -0.1) is 0 Å². The van der Waals surface area contributed by atoms with E-state index in [9.17, 15) is 0 Å². The maximum Gasteiger partial charge on any atom is 0.159 e. The Morgan fingerprint density at radius 2 is 1.86 bits per heavy atom.